The van der Waals surface area contributed by atoms with Crippen LogP contribution >= 0.6 is 11.6 Å². The molecule has 2 aromatic carbocycles. The number of rotatable bonds is 6. The standard InChI is InChI=1S/C20H16ClNO4/c21-15-7-5-14(6-8-15)17-9-10-18(26-17)20(25)22-16-3-1-2-13(12-16)4-11-19(23)24/h1-3,5-10,12H,4,11H2,(H,22,25)(H,23,24). The van der Waals surface area contributed by atoms with Crippen LogP contribution in [0.2, 0.25) is 5.02 Å². The number of carboxylic acid groups (broad SMARTS) is 1. The first kappa shape index (κ1) is 17.8. The molecule has 1 amide bonds. The number of carbonyl (C=O) groups excluding carboxylic acids is 1. The van der Waals surface area contributed by atoms with E-state index < -0.39 is 5.97 Å². The maximum atomic E-state index is 12.4. The maximum absolute atomic E-state index is 12.4. The third-order valence-corrected chi connectivity index (χ3v) is 4.02. The minimum atomic E-state index is -0.857. The fraction of sp³-hybridized carbons (Fsp3) is 0.100. The van der Waals surface area contributed by atoms with Crippen molar-refractivity contribution in [2.75, 3.05) is 5.32 Å². The largest absolute Gasteiger partial charge is 0.481 e. The van der Waals surface area contributed by atoms with E-state index in [2.05, 4.69) is 5.32 Å². The monoisotopic (exact) mass is 369 g/mol. The summed E-state index contributed by atoms with van der Waals surface area (Å²) in [5.41, 5.74) is 2.25. The summed E-state index contributed by atoms with van der Waals surface area (Å²) in [6.07, 6.45) is 0.445. The number of carboxylic acids is 1. The Morgan fingerprint density at radius 2 is 1.81 bits per heavy atom. The zero-order chi connectivity index (χ0) is 18.5. The lowest BCUT2D eigenvalue weighted by atomic mass is 10.1. The Hall–Kier alpha value is -3.05. The third-order valence-electron chi connectivity index (χ3n) is 3.77. The Morgan fingerprint density at radius 3 is 2.54 bits per heavy atom. The van der Waals surface area contributed by atoms with E-state index in [0.29, 0.717) is 22.9 Å². The smallest absolute Gasteiger partial charge is 0.303 e. The molecule has 3 aromatic rings. The first-order chi connectivity index (χ1) is 12.5. The molecule has 0 unspecified atom stereocenters. The highest BCUT2D eigenvalue weighted by Crippen LogP contribution is 2.24. The van der Waals surface area contributed by atoms with Crippen molar-refractivity contribution < 1.29 is 19.1 Å². The summed E-state index contributed by atoms with van der Waals surface area (Å²) in [5.74, 6) is -0.474. The molecule has 0 aliphatic rings. The average molecular weight is 370 g/mol. The molecule has 0 fully saturated rings. The Labute approximate surface area is 155 Å². The van der Waals surface area contributed by atoms with Crippen molar-refractivity contribution in [2.24, 2.45) is 0 Å². The molecule has 6 heteroatoms. The van der Waals surface area contributed by atoms with Gasteiger partial charge in [0.2, 0.25) is 0 Å². The van der Waals surface area contributed by atoms with E-state index in [1.165, 1.54) is 0 Å². The van der Waals surface area contributed by atoms with Gasteiger partial charge < -0.3 is 14.8 Å². The van der Waals surface area contributed by atoms with E-state index in [0.717, 1.165) is 11.1 Å². The molecule has 0 saturated heterocycles. The molecular formula is C20H16ClNO4. The second-order valence-corrected chi connectivity index (χ2v) is 6.16. The number of furan rings is 1. The molecule has 3 rings (SSSR count). The minimum absolute atomic E-state index is 0.0417. The summed E-state index contributed by atoms with van der Waals surface area (Å²) in [6.45, 7) is 0. The van der Waals surface area contributed by atoms with E-state index in [1.807, 2.05) is 18.2 Å². The minimum Gasteiger partial charge on any atom is -0.481 e. The van der Waals surface area contributed by atoms with Crippen molar-refractivity contribution >= 4 is 29.2 Å². The van der Waals surface area contributed by atoms with Crippen LogP contribution in [-0.4, -0.2) is 17.0 Å². The first-order valence-corrected chi connectivity index (χ1v) is 8.37. The van der Waals surface area contributed by atoms with Crippen molar-refractivity contribution in [3.63, 3.8) is 0 Å². The highest BCUT2D eigenvalue weighted by Gasteiger charge is 2.13. The fourth-order valence-electron chi connectivity index (χ4n) is 2.48. The number of anilines is 1. The number of carbonyl (C=O) groups is 2. The molecule has 0 bridgehead atoms. The summed E-state index contributed by atoms with van der Waals surface area (Å²) in [6, 6.07) is 17.6. The molecule has 0 aliphatic heterocycles. The van der Waals surface area contributed by atoms with Crippen LogP contribution in [0.1, 0.15) is 22.5 Å². The Balaban J connectivity index is 1.69. The van der Waals surface area contributed by atoms with Crippen molar-refractivity contribution in [2.45, 2.75) is 12.8 Å². The van der Waals surface area contributed by atoms with E-state index in [4.69, 9.17) is 21.1 Å². The number of hydrogen-bond donors (Lipinski definition) is 2. The molecule has 1 aromatic heterocycles. The van der Waals surface area contributed by atoms with E-state index in [1.54, 1.807) is 42.5 Å². The van der Waals surface area contributed by atoms with Crippen LogP contribution < -0.4 is 5.32 Å². The highest BCUT2D eigenvalue weighted by atomic mass is 35.5. The predicted octanol–water partition coefficient (Wildman–Crippen LogP) is 4.87. The van der Waals surface area contributed by atoms with Gasteiger partial charge >= 0.3 is 5.97 Å². The fourth-order valence-corrected chi connectivity index (χ4v) is 2.60. The molecule has 0 spiro atoms. The quantitative estimate of drug-likeness (QED) is 0.649. The summed E-state index contributed by atoms with van der Waals surface area (Å²) < 4.78 is 5.62. The maximum Gasteiger partial charge on any atom is 0.303 e. The number of aryl methyl sites for hydroxylation is 1. The van der Waals surface area contributed by atoms with Crippen LogP contribution in [0.3, 0.4) is 0 Å². The lowest BCUT2D eigenvalue weighted by Crippen LogP contribution is -2.11. The van der Waals surface area contributed by atoms with Crippen LogP contribution in [0.15, 0.2) is 65.1 Å². The van der Waals surface area contributed by atoms with E-state index in [-0.39, 0.29) is 18.1 Å². The van der Waals surface area contributed by atoms with Gasteiger partial charge in [0, 0.05) is 22.7 Å². The summed E-state index contributed by atoms with van der Waals surface area (Å²) >= 11 is 5.87. The second-order valence-electron chi connectivity index (χ2n) is 5.72. The number of hydrogen-bond acceptors (Lipinski definition) is 3. The number of benzene rings is 2. The number of halogens is 1. The summed E-state index contributed by atoms with van der Waals surface area (Å²) in [4.78, 5) is 23.0. The number of amides is 1. The highest BCUT2D eigenvalue weighted by molar-refractivity contribution is 6.30. The number of aliphatic carboxylic acids is 1. The Bertz CT molecular complexity index is 931. The van der Waals surface area contributed by atoms with E-state index >= 15 is 0 Å². The normalized spacial score (nSPS) is 10.5. The molecule has 132 valence electrons. The van der Waals surface area contributed by atoms with Gasteiger partial charge in [-0.05, 0) is 60.5 Å². The SMILES string of the molecule is O=C(O)CCc1cccc(NC(=O)c2ccc(-c3ccc(Cl)cc3)o2)c1. The topological polar surface area (TPSA) is 79.5 Å². The molecule has 2 N–H and O–H groups in total. The lowest BCUT2D eigenvalue weighted by Gasteiger charge is -2.06. The van der Waals surface area contributed by atoms with Crippen molar-refractivity contribution in [1.82, 2.24) is 0 Å². The van der Waals surface area contributed by atoms with Crippen LogP contribution in [0.25, 0.3) is 11.3 Å². The average Bonchev–Trinajstić information content (AvgIpc) is 3.11. The van der Waals surface area contributed by atoms with Gasteiger partial charge in [0.05, 0.1) is 0 Å². The summed E-state index contributed by atoms with van der Waals surface area (Å²) in [5, 5.41) is 12.1. The molecule has 1 heterocycles. The Kier molecular flexibility index (Phi) is 5.39. The predicted molar refractivity (Wildman–Crippen MR) is 99.5 cm³/mol. The molecule has 26 heavy (non-hydrogen) atoms. The molecule has 0 radical (unpaired) electrons. The first-order valence-electron chi connectivity index (χ1n) is 7.99. The molecule has 0 atom stereocenters. The van der Waals surface area contributed by atoms with Crippen LogP contribution in [-0.2, 0) is 11.2 Å². The van der Waals surface area contributed by atoms with Crippen LogP contribution in [0, 0.1) is 0 Å². The Morgan fingerprint density at radius 1 is 1.04 bits per heavy atom. The van der Waals surface area contributed by atoms with Gasteiger partial charge in [0.25, 0.3) is 5.91 Å². The van der Waals surface area contributed by atoms with Crippen molar-refractivity contribution in [3.8, 4) is 11.3 Å². The number of nitrogens with one attached hydrogen (secondary N) is 1. The molecule has 0 aliphatic carbocycles. The third kappa shape index (κ3) is 4.52. The van der Waals surface area contributed by atoms with Crippen molar-refractivity contribution in [3.05, 3.63) is 77.0 Å². The second kappa shape index (κ2) is 7.89. The van der Waals surface area contributed by atoms with E-state index in [9.17, 15) is 9.59 Å². The van der Waals surface area contributed by atoms with Crippen LogP contribution in [0.5, 0.6) is 0 Å². The summed E-state index contributed by atoms with van der Waals surface area (Å²) in [7, 11) is 0. The zero-order valence-electron chi connectivity index (χ0n) is 13.7. The van der Waals surface area contributed by atoms with Gasteiger partial charge in [-0.2, -0.15) is 0 Å². The zero-order valence-corrected chi connectivity index (χ0v) is 14.5. The van der Waals surface area contributed by atoms with Gasteiger partial charge in [-0.1, -0.05) is 23.7 Å². The van der Waals surface area contributed by atoms with Crippen molar-refractivity contribution in [1.29, 1.82) is 0 Å². The molecular weight excluding hydrogens is 354 g/mol. The van der Waals surface area contributed by atoms with Crippen LogP contribution in [0.4, 0.5) is 5.69 Å². The molecule has 5 nitrogen and oxygen atoms in total. The lowest BCUT2D eigenvalue weighted by molar-refractivity contribution is -0.136. The van der Waals surface area contributed by atoms with Gasteiger partial charge in [-0.25, -0.2) is 0 Å². The van der Waals surface area contributed by atoms with Gasteiger partial charge in [0.15, 0.2) is 5.76 Å². The van der Waals surface area contributed by atoms with Gasteiger partial charge in [0.1, 0.15) is 5.76 Å². The molecule has 0 saturated carbocycles. The van der Waals surface area contributed by atoms with Gasteiger partial charge in [-0.3, -0.25) is 9.59 Å². The van der Waals surface area contributed by atoms with Gasteiger partial charge in [-0.15, -0.1) is 0 Å².